The summed E-state index contributed by atoms with van der Waals surface area (Å²) in [5.41, 5.74) is 4.53. The number of nitrogens with zero attached hydrogens (tertiary/aromatic N) is 2. The summed E-state index contributed by atoms with van der Waals surface area (Å²) in [7, 11) is 3.20. The molecule has 7 nitrogen and oxygen atoms in total. The third kappa shape index (κ3) is 4.47. The monoisotopic (exact) mass is 531 g/mol. The molecule has 2 aliphatic heterocycles. The number of rotatable bonds is 5. The number of amides is 3. The fourth-order valence-corrected chi connectivity index (χ4v) is 6.49. The van der Waals surface area contributed by atoms with Crippen LogP contribution in [0.15, 0.2) is 66.7 Å². The highest BCUT2D eigenvalue weighted by molar-refractivity contribution is 8.01. The van der Waals surface area contributed by atoms with E-state index in [9.17, 15) is 9.59 Å². The van der Waals surface area contributed by atoms with E-state index in [4.69, 9.17) is 9.47 Å². The first kappa shape index (κ1) is 26.0. The minimum atomic E-state index is -1.16. The average Bonchev–Trinajstić information content (AvgIpc) is 3.46. The Balaban J connectivity index is 1.49. The molecule has 0 radical (unpaired) electrons. The predicted octanol–water partition coefficient (Wildman–Crippen LogP) is 5.98. The highest BCUT2D eigenvalue weighted by Crippen LogP contribution is 2.55. The summed E-state index contributed by atoms with van der Waals surface area (Å²) < 4.78 is 10.7. The standard InChI is InChI=1S/C30H33N3O4S/c1-29(2,3)21-8-6-20(7-9-21)19-32-26-15-14-24(37-5)18-25(26)30(27(32)34)33(16-17-38-30)28(35)31-22-10-12-23(36-4)13-11-22/h6-15,18H,16-17,19H2,1-5H3,(H,31,35)/t30-/m1/s1. The van der Waals surface area contributed by atoms with Crippen LogP contribution in [0.4, 0.5) is 16.2 Å². The molecule has 8 heteroatoms. The van der Waals surface area contributed by atoms with Crippen molar-refractivity contribution in [1.29, 1.82) is 0 Å². The highest BCUT2D eigenvalue weighted by Gasteiger charge is 2.59. The van der Waals surface area contributed by atoms with Crippen LogP contribution in [0.25, 0.3) is 0 Å². The van der Waals surface area contributed by atoms with E-state index < -0.39 is 4.87 Å². The van der Waals surface area contributed by atoms with Gasteiger partial charge < -0.3 is 19.7 Å². The van der Waals surface area contributed by atoms with Crippen LogP contribution in [-0.4, -0.2) is 43.4 Å². The van der Waals surface area contributed by atoms with Gasteiger partial charge in [0.1, 0.15) is 11.5 Å². The van der Waals surface area contributed by atoms with Crippen LogP contribution < -0.4 is 19.7 Å². The average molecular weight is 532 g/mol. The molecule has 1 spiro atoms. The van der Waals surface area contributed by atoms with Gasteiger partial charge in [0.25, 0.3) is 5.91 Å². The van der Waals surface area contributed by atoms with Gasteiger partial charge in [0.15, 0.2) is 4.87 Å². The molecule has 0 bridgehead atoms. The smallest absolute Gasteiger partial charge is 0.323 e. The summed E-state index contributed by atoms with van der Waals surface area (Å²) >= 11 is 1.49. The quantitative estimate of drug-likeness (QED) is 0.439. The molecule has 3 aromatic carbocycles. The number of carbonyl (C=O) groups is 2. The zero-order chi connectivity index (χ0) is 27.1. The van der Waals surface area contributed by atoms with E-state index in [-0.39, 0.29) is 17.4 Å². The molecule has 0 saturated carbocycles. The summed E-state index contributed by atoms with van der Waals surface area (Å²) in [5, 5.41) is 2.97. The molecule has 1 saturated heterocycles. The number of ether oxygens (including phenoxy) is 2. The van der Waals surface area contributed by atoms with Gasteiger partial charge in [0.2, 0.25) is 0 Å². The van der Waals surface area contributed by atoms with Crippen molar-refractivity contribution in [2.75, 3.05) is 36.7 Å². The van der Waals surface area contributed by atoms with Crippen LogP contribution in [0.3, 0.4) is 0 Å². The van der Waals surface area contributed by atoms with Gasteiger partial charge in [-0.15, -0.1) is 11.8 Å². The predicted molar refractivity (Wildman–Crippen MR) is 152 cm³/mol. The van der Waals surface area contributed by atoms with Crippen LogP contribution >= 0.6 is 11.8 Å². The number of thioether (sulfide) groups is 1. The van der Waals surface area contributed by atoms with Gasteiger partial charge in [0.05, 0.1) is 26.5 Å². The molecule has 5 rings (SSSR count). The van der Waals surface area contributed by atoms with E-state index in [0.717, 1.165) is 16.8 Å². The third-order valence-electron chi connectivity index (χ3n) is 7.15. The maximum atomic E-state index is 14.3. The summed E-state index contributed by atoms with van der Waals surface area (Å²) in [6.45, 7) is 7.41. The van der Waals surface area contributed by atoms with Crippen molar-refractivity contribution >= 4 is 35.1 Å². The number of fused-ring (bicyclic) bond motifs is 2. The zero-order valence-electron chi connectivity index (χ0n) is 22.4. The molecule has 1 N–H and O–H groups in total. The molecule has 2 aliphatic rings. The minimum Gasteiger partial charge on any atom is -0.497 e. The lowest BCUT2D eigenvalue weighted by molar-refractivity contribution is -0.123. The number of benzene rings is 3. The maximum absolute atomic E-state index is 14.3. The van der Waals surface area contributed by atoms with Crippen molar-refractivity contribution in [2.24, 2.45) is 0 Å². The van der Waals surface area contributed by atoms with E-state index >= 15 is 0 Å². The zero-order valence-corrected chi connectivity index (χ0v) is 23.2. The Kier molecular flexibility index (Phi) is 6.77. The third-order valence-corrected chi connectivity index (χ3v) is 8.57. The molecule has 198 valence electrons. The number of nitrogens with one attached hydrogen (secondary N) is 1. The fourth-order valence-electron chi connectivity index (χ4n) is 5.04. The van der Waals surface area contributed by atoms with E-state index in [1.165, 1.54) is 17.3 Å². The number of carbonyl (C=O) groups excluding carboxylic acids is 2. The molecule has 0 aromatic heterocycles. The maximum Gasteiger partial charge on any atom is 0.323 e. The second-order valence-corrected chi connectivity index (χ2v) is 11.8. The molecule has 1 atom stereocenters. The first-order valence-electron chi connectivity index (χ1n) is 12.6. The Hall–Kier alpha value is -3.65. The molecule has 1 fully saturated rings. The Morgan fingerprint density at radius 2 is 1.63 bits per heavy atom. The molecular formula is C30H33N3O4S. The van der Waals surface area contributed by atoms with Gasteiger partial charge in [0, 0.05) is 23.5 Å². The normalized spacial score (nSPS) is 18.6. The van der Waals surface area contributed by atoms with Gasteiger partial charge in [-0.3, -0.25) is 9.69 Å². The van der Waals surface area contributed by atoms with Gasteiger partial charge >= 0.3 is 6.03 Å². The van der Waals surface area contributed by atoms with Gasteiger partial charge in [-0.05, 0) is 59.0 Å². The Labute approximate surface area is 228 Å². The van der Waals surface area contributed by atoms with Crippen LogP contribution in [0.1, 0.15) is 37.5 Å². The minimum absolute atomic E-state index is 0.0490. The Morgan fingerprint density at radius 3 is 2.26 bits per heavy atom. The fraction of sp³-hybridized carbons (Fsp3) is 0.333. The molecular weight excluding hydrogens is 498 g/mol. The van der Waals surface area contributed by atoms with Gasteiger partial charge in [-0.1, -0.05) is 45.0 Å². The van der Waals surface area contributed by atoms with Crippen LogP contribution in [0, 0.1) is 0 Å². The van der Waals surface area contributed by atoms with Crippen LogP contribution in [0.5, 0.6) is 11.5 Å². The topological polar surface area (TPSA) is 71.1 Å². The second-order valence-electron chi connectivity index (χ2n) is 10.5. The largest absolute Gasteiger partial charge is 0.497 e. The number of anilines is 2. The van der Waals surface area contributed by atoms with E-state index in [1.807, 2.05) is 18.2 Å². The van der Waals surface area contributed by atoms with E-state index in [0.29, 0.717) is 36.0 Å². The summed E-state index contributed by atoms with van der Waals surface area (Å²) in [4.78, 5) is 30.2. The number of methoxy groups -OCH3 is 2. The summed E-state index contributed by atoms with van der Waals surface area (Å²) in [5.74, 6) is 1.88. The first-order chi connectivity index (χ1) is 18.2. The van der Waals surface area contributed by atoms with Gasteiger partial charge in [-0.25, -0.2) is 4.79 Å². The Bertz CT molecular complexity index is 1350. The van der Waals surface area contributed by atoms with Crippen molar-refractivity contribution in [2.45, 2.75) is 37.6 Å². The lowest BCUT2D eigenvalue weighted by Gasteiger charge is -2.33. The SMILES string of the molecule is COc1ccc(NC(=O)N2CCS[C@]23C(=O)N(Cc2ccc(C(C)(C)C)cc2)c2ccc(OC)cc23)cc1. The molecule has 2 heterocycles. The first-order valence-corrected chi connectivity index (χ1v) is 13.6. The molecule has 3 amide bonds. The number of hydrogen-bond acceptors (Lipinski definition) is 5. The Morgan fingerprint density at radius 1 is 0.974 bits per heavy atom. The molecule has 38 heavy (non-hydrogen) atoms. The molecule has 3 aromatic rings. The van der Waals surface area contributed by atoms with Crippen molar-refractivity contribution in [3.05, 3.63) is 83.4 Å². The summed E-state index contributed by atoms with van der Waals surface area (Å²) in [6.07, 6.45) is 0. The van der Waals surface area contributed by atoms with E-state index in [2.05, 4.69) is 50.4 Å². The van der Waals surface area contributed by atoms with Crippen molar-refractivity contribution < 1.29 is 19.1 Å². The molecule has 0 unspecified atom stereocenters. The van der Waals surface area contributed by atoms with Crippen molar-refractivity contribution in [3.8, 4) is 11.5 Å². The van der Waals surface area contributed by atoms with Crippen LogP contribution in [0.2, 0.25) is 0 Å². The number of hydrogen-bond donors (Lipinski definition) is 1. The second kappa shape index (κ2) is 9.91. The highest BCUT2D eigenvalue weighted by atomic mass is 32.2. The lowest BCUT2D eigenvalue weighted by Crippen LogP contribution is -2.51. The number of urea groups is 1. The van der Waals surface area contributed by atoms with Gasteiger partial charge in [-0.2, -0.15) is 0 Å². The van der Waals surface area contributed by atoms with Crippen molar-refractivity contribution in [3.63, 3.8) is 0 Å². The van der Waals surface area contributed by atoms with Crippen LogP contribution in [-0.2, 0) is 21.6 Å². The van der Waals surface area contributed by atoms with Crippen molar-refractivity contribution in [1.82, 2.24) is 4.90 Å². The molecule has 0 aliphatic carbocycles. The lowest BCUT2D eigenvalue weighted by atomic mass is 9.87. The summed E-state index contributed by atoms with van der Waals surface area (Å²) in [6, 6.07) is 20.9. The van der Waals surface area contributed by atoms with E-state index in [1.54, 1.807) is 48.3 Å².